The van der Waals surface area contributed by atoms with Crippen LogP contribution < -0.4 is 10.1 Å². The maximum atomic E-state index is 6.02. The highest BCUT2D eigenvalue weighted by Crippen LogP contribution is 2.29. The fourth-order valence-corrected chi connectivity index (χ4v) is 2.75. The zero-order valence-corrected chi connectivity index (χ0v) is 15.3. The second-order valence-electron chi connectivity index (χ2n) is 5.88. The summed E-state index contributed by atoms with van der Waals surface area (Å²) in [5, 5.41) is 3.45. The van der Waals surface area contributed by atoms with Crippen LogP contribution in [0.25, 0.3) is 0 Å². The van der Waals surface area contributed by atoms with E-state index in [2.05, 4.69) is 60.2 Å². The zero-order valence-electron chi connectivity index (χ0n) is 13.8. The first kappa shape index (κ1) is 18.5. The summed E-state index contributed by atoms with van der Waals surface area (Å²) in [5.74, 6) is 0.999. The highest BCUT2D eigenvalue weighted by atomic mass is 79.9. The standard InChI is InChI=1S/C18H30BrNO/c1-4-5-6-7-8-9-13-21-18-16(14-20-15(2)3)11-10-12-17(18)19/h10-12,15,20H,4-9,13-14H2,1-3H3. The third kappa shape index (κ3) is 7.87. The fraction of sp³-hybridized carbons (Fsp3) is 0.667. The molecule has 1 aromatic carbocycles. The van der Waals surface area contributed by atoms with Crippen LogP contribution >= 0.6 is 15.9 Å². The first-order chi connectivity index (χ1) is 10.1. The molecule has 0 spiro atoms. The number of nitrogens with one attached hydrogen (secondary N) is 1. The van der Waals surface area contributed by atoms with E-state index in [0.717, 1.165) is 29.8 Å². The largest absolute Gasteiger partial charge is 0.492 e. The Morgan fingerprint density at radius 1 is 1.10 bits per heavy atom. The highest BCUT2D eigenvalue weighted by molar-refractivity contribution is 9.10. The van der Waals surface area contributed by atoms with Crippen LogP contribution in [0, 0.1) is 0 Å². The van der Waals surface area contributed by atoms with Gasteiger partial charge in [0.1, 0.15) is 5.75 Å². The molecule has 1 rings (SSSR count). The Kier molecular flexibility index (Phi) is 9.77. The maximum Gasteiger partial charge on any atom is 0.137 e. The van der Waals surface area contributed by atoms with E-state index in [0.29, 0.717) is 6.04 Å². The molecule has 1 aromatic rings. The van der Waals surface area contributed by atoms with Gasteiger partial charge in [-0.1, -0.05) is 65.0 Å². The Morgan fingerprint density at radius 2 is 1.81 bits per heavy atom. The Labute approximate surface area is 138 Å². The summed E-state index contributed by atoms with van der Waals surface area (Å²) in [6.07, 6.45) is 7.76. The van der Waals surface area contributed by atoms with E-state index in [-0.39, 0.29) is 0 Å². The second-order valence-corrected chi connectivity index (χ2v) is 6.73. The van der Waals surface area contributed by atoms with Gasteiger partial charge < -0.3 is 10.1 Å². The van der Waals surface area contributed by atoms with Crippen molar-refractivity contribution < 1.29 is 4.74 Å². The molecule has 0 aromatic heterocycles. The van der Waals surface area contributed by atoms with Crippen LogP contribution in [-0.4, -0.2) is 12.6 Å². The van der Waals surface area contributed by atoms with E-state index < -0.39 is 0 Å². The van der Waals surface area contributed by atoms with E-state index in [1.807, 2.05) is 0 Å². The van der Waals surface area contributed by atoms with Crippen molar-refractivity contribution in [1.82, 2.24) is 5.32 Å². The summed E-state index contributed by atoms with van der Waals surface area (Å²) in [6.45, 7) is 8.23. The molecule has 1 N–H and O–H groups in total. The molecule has 0 radical (unpaired) electrons. The van der Waals surface area contributed by atoms with Gasteiger partial charge in [-0.15, -0.1) is 0 Å². The summed E-state index contributed by atoms with van der Waals surface area (Å²) in [4.78, 5) is 0. The number of hydrogen-bond acceptors (Lipinski definition) is 2. The molecule has 21 heavy (non-hydrogen) atoms. The summed E-state index contributed by atoms with van der Waals surface area (Å²) in [7, 11) is 0. The Balaban J connectivity index is 2.38. The Bertz CT molecular complexity index is 393. The van der Waals surface area contributed by atoms with Gasteiger partial charge in [-0.25, -0.2) is 0 Å². The second kappa shape index (κ2) is 11.1. The lowest BCUT2D eigenvalue weighted by atomic mass is 10.1. The average Bonchev–Trinajstić information content (AvgIpc) is 2.46. The van der Waals surface area contributed by atoms with Crippen LogP contribution in [0.1, 0.15) is 64.9 Å². The third-order valence-corrected chi connectivity index (χ3v) is 4.12. The molecular weight excluding hydrogens is 326 g/mol. The molecule has 2 nitrogen and oxygen atoms in total. The van der Waals surface area contributed by atoms with Crippen molar-refractivity contribution in [3.05, 3.63) is 28.2 Å². The number of ether oxygens (including phenoxy) is 1. The number of hydrogen-bond donors (Lipinski definition) is 1. The van der Waals surface area contributed by atoms with Crippen LogP contribution in [-0.2, 0) is 6.54 Å². The molecular formula is C18H30BrNO. The van der Waals surface area contributed by atoms with E-state index in [9.17, 15) is 0 Å². The molecule has 0 saturated carbocycles. The summed E-state index contributed by atoms with van der Waals surface area (Å²) in [6, 6.07) is 6.74. The maximum absolute atomic E-state index is 6.02. The average molecular weight is 356 g/mol. The van der Waals surface area contributed by atoms with Crippen molar-refractivity contribution in [2.75, 3.05) is 6.61 Å². The number of rotatable bonds is 11. The minimum atomic E-state index is 0.482. The Morgan fingerprint density at radius 3 is 2.52 bits per heavy atom. The van der Waals surface area contributed by atoms with Crippen molar-refractivity contribution in [3.63, 3.8) is 0 Å². The first-order valence-corrected chi connectivity index (χ1v) is 9.08. The number of unbranched alkanes of at least 4 members (excludes halogenated alkanes) is 5. The van der Waals surface area contributed by atoms with Crippen LogP contribution in [0.4, 0.5) is 0 Å². The summed E-state index contributed by atoms with van der Waals surface area (Å²) >= 11 is 3.60. The molecule has 0 unspecified atom stereocenters. The molecule has 0 saturated heterocycles. The molecule has 0 fully saturated rings. The number of benzene rings is 1. The normalized spacial score (nSPS) is 11.1. The lowest BCUT2D eigenvalue weighted by molar-refractivity contribution is 0.298. The number of halogens is 1. The SMILES string of the molecule is CCCCCCCCOc1c(Br)cccc1CNC(C)C. The topological polar surface area (TPSA) is 21.3 Å². The van der Waals surface area contributed by atoms with Gasteiger partial charge in [0.25, 0.3) is 0 Å². The fourth-order valence-electron chi connectivity index (χ4n) is 2.23. The summed E-state index contributed by atoms with van der Waals surface area (Å²) in [5.41, 5.74) is 1.23. The molecule has 0 heterocycles. The molecule has 3 heteroatoms. The van der Waals surface area contributed by atoms with E-state index in [4.69, 9.17) is 4.74 Å². The van der Waals surface area contributed by atoms with E-state index >= 15 is 0 Å². The van der Waals surface area contributed by atoms with Crippen LogP contribution in [0.2, 0.25) is 0 Å². The number of para-hydroxylation sites is 1. The minimum absolute atomic E-state index is 0.482. The minimum Gasteiger partial charge on any atom is -0.492 e. The molecule has 0 aliphatic rings. The van der Waals surface area contributed by atoms with Crippen molar-refractivity contribution in [3.8, 4) is 5.75 Å². The van der Waals surface area contributed by atoms with Gasteiger partial charge in [0.2, 0.25) is 0 Å². The van der Waals surface area contributed by atoms with Crippen molar-refractivity contribution in [2.24, 2.45) is 0 Å². The van der Waals surface area contributed by atoms with E-state index in [1.165, 1.54) is 37.7 Å². The summed E-state index contributed by atoms with van der Waals surface area (Å²) < 4.78 is 7.07. The first-order valence-electron chi connectivity index (χ1n) is 8.28. The van der Waals surface area contributed by atoms with Crippen LogP contribution in [0.15, 0.2) is 22.7 Å². The third-order valence-electron chi connectivity index (χ3n) is 3.49. The van der Waals surface area contributed by atoms with Crippen molar-refractivity contribution >= 4 is 15.9 Å². The predicted octanol–water partition coefficient (Wildman–Crippen LogP) is 5.69. The molecule has 0 amide bonds. The predicted molar refractivity (Wildman–Crippen MR) is 95.0 cm³/mol. The molecule has 0 atom stereocenters. The molecule has 120 valence electrons. The van der Waals surface area contributed by atoms with Gasteiger partial charge in [-0.05, 0) is 28.4 Å². The Hall–Kier alpha value is -0.540. The van der Waals surface area contributed by atoms with E-state index in [1.54, 1.807) is 0 Å². The van der Waals surface area contributed by atoms with Crippen LogP contribution in [0.3, 0.4) is 0 Å². The molecule has 0 aliphatic heterocycles. The van der Waals surface area contributed by atoms with Crippen LogP contribution in [0.5, 0.6) is 5.75 Å². The quantitative estimate of drug-likeness (QED) is 0.515. The molecule has 0 aliphatic carbocycles. The monoisotopic (exact) mass is 355 g/mol. The highest BCUT2D eigenvalue weighted by Gasteiger charge is 2.08. The van der Waals surface area contributed by atoms with Crippen molar-refractivity contribution in [1.29, 1.82) is 0 Å². The smallest absolute Gasteiger partial charge is 0.137 e. The van der Waals surface area contributed by atoms with Crippen molar-refractivity contribution in [2.45, 2.75) is 71.9 Å². The molecule has 0 bridgehead atoms. The lowest BCUT2D eigenvalue weighted by Crippen LogP contribution is -2.22. The van der Waals surface area contributed by atoms with Gasteiger partial charge in [0.05, 0.1) is 11.1 Å². The van der Waals surface area contributed by atoms with Gasteiger partial charge in [-0.2, -0.15) is 0 Å². The van der Waals surface area contributed by atoms with Gasteiger partial charge >= 0.3 is 0 Å². The van der Waals surface area contributed by atoms with Gasteiger partial charge in [-0.3, -0.25) is 0 Å². The zero-order chi connectivity index (χ0) is 15.5. The van der Waals surface area contributed by atoms with Gasteiger partial charge in [0.15, 0.2) is 0 Å². The van der Waals surface area contributed by atoms with Gasteiger partial charge in [0, 0.05) is 18.2 Å². The lowest BCUT2D eigenvalue weighted by Gasteiger charge is -2.15.